The molecule has 0 aliphatic rings. The van der Waals surface area contributed by atoms with E-state index in [0.29, 0.717) is 11.1 Å². The molecule has 0 N–H and O–H groups in total. The standard InChI is InChI=1S/C21H27NO4S/c1-14(2)20(23)10-17-12-22(13-18(17)11-21(24)15(3)4)27(25,26)19-8-6-16(5)7-9-19/h6-9,12-15H,10-11H2,1-5H3. The van der Waals surface area contributed by atoms with Crippen molar-refractivity contribution in [3.8, 4) is 0 Å². The summed E-state index contributed by atoms with van der Waals surface area (Å²) in [5.41, 5.74) is 2.16. The molecule has 0 amide bonds. The van der Waals surface area contributed by atoms with E-state index in [9.17, 15) is 18.0 Å². The molecule has 27 heavy (non-hydrogen) atoms. The summed E-state index contributed by atoms with van der Waals surface area (Å²) in [5.74, 6) is -0.288. The van der Waals surface area contributed by atoms with Crippen LogP contribution >= 0.6 is 0 Å². The molecule has 0 fully saturated rings. The van der Waals surface area contributed by atoms with E-state index in [1.807, 2.05) is 6.92 Å². The fraction of sp³-hybridized carbons (Fsp3) is 0.429. The van der Waals surface area contributed by atoms with Gasteiger partial charge >= 0.3 is 0 Å². The number of rotatable bonds is 8. The Hall–Kier alpha value is -2.21. The summed E-state index contributed by atoms with van der Waals surface area (Å²) >= 11 is 0. The Kier molecular flexibility index (Phi) is 6.42. The molecule has 2 rings (SSSR count). The molecule has 0 unspecified atom stereocenters. The zero-order valence-electron chi connectivity index (χ0n) is 16.5. The van der Waals surface area contributed by atoms with E-state index in [-0.39, 0.29) is 41.1 Å². The quantitative estimate of drug-likeness (QED) is 0.692. The minimum absolute atomic E-state index is 0.0127. The Labute approximate surface area is 161 Å². The highest BCUT2D eigenvalue weighted by Gasteiger charge is 2.22. The van der Waals surface area contributed by atoms with Crippen LogP contribution in [0.25, 0.3) is 0 Å². The van der Waals surface area contributed by atoms with Gasteiger partial charge in [-0.05, 0) is 30.2 Å². The van der Waals surface area contributed by atoms with Gasteiger partial charge in [0, 0.05) is 37.1 Å². The molecular weight excluding hydrogens is 362 g/mol. The molecule has 1 aromatic heterocycles. The van der Waals surface area contributed by atoms with Crippen molar-refractivity contribution in [2.75, 3.05) is 0 Å². The molecule has 1 heterocycles. The highest BCUT2D eigenvalue weighted by atomic mass is 32.2. The average Bonchev–Trinajstić information content (AvgIpc) is 2.98. The number of carbonyl (C=O) groups is 2. The number of carbonyl (C=O) groups excluding carboxylic acids is 2. The second-order valence-electron chi connectivity index (χ2n) is 7.55. The fourth-order valence-electron chi connectivity index (χ4n) is 2.58. The normalized spacial score (nSPS) is 12.0. The molecule has 0 spiro atoms. The van der Waals surface area contributed by atoms with Gasteiger partial charge in [0.25, 0.3) is 10.0 Å². The third kappa shape index (κ3) is 4.95. The highest BCUT2D eigenvalue weighted by Crippen LogP contribution is 2.22. The molecule has 1 aromatic carbocycles. The first-order valence-electron chi connectivity index (χ1n) is 9.09. The van der Waals surface area contributed by atoms with Gasteiger partial charge in [0.2, 0.25) is 0 Å². The molecule has 0 aliphatic heterocycles. The van der Waals surface area contributed by atoms with E-state index in [2.05, 4.69) is 0 Å². The summed E-state index contributed by atoms with van der Waals surface area (Å²) in [7, 11) is -3.78. The van der Waals surface area contributed by atoms with Crippen molar-refractivity contribution < 1.29 is 18.0 Å². The third-order valence-corrected chi connectivity index (χ3v) is 6.23. The van der Waals surface area contributed by atoms with Crippen LogP contribution in [0.1, 0.15) is 44.4 Å². The SMILES string of the molecule is Cc1ccc(S(=O)(=O)n2cc(CC(=O)C(C)C)c(CC(=O)C(C)C)c2)cc1. The molecule has 0 radical (unpaired) electrons. The topological polar surface area (TPSA) is 73.2 Å². The van der Waals surface area contributed by atoms with Crippen LogP contribution in [0, 0.1) is 18.8 Å². The first-order chi connectivity index (χ1) is 12.5. The molecule has 0 atom stereocenters. The molecule has 0 saturated carbocycles. The highest BCUT2D eigenvalue weighted by molar-refractivity contribution is 7.90. The Bertz CT molecular complexity index is 896. The molecule has 0 aliphatic carbocycles. The number of hydrogen-bond donors (Lipinski definition) is 0. The van der Waals surface area contributed by atoms with Gasteiger partial charge in [0.1, 0.15) is 11.6 Å². The fourth-order valence-corrected chi connectivity index (χ4v) is 3.84. The lowest BCUT2D eigenvalue weighted by Gasteiger charge is -2.06. The zero-order chi connectivity index (χ0) is 20.4. The zero-order valence-corrected chi connectivity index (χ0v) is 17.3. The van der Waals surface area contributed by atoms with Crippen LogP contribution in [0.4, 0.5) is 0 Å². The molecule has 6 heteroatoms. The van der Waals surface area contributed by atoms with Crippen LogP contribution in [0.15, 0.2) is 41.6 Å². The van der Waals surface area contributed by atoms with Crippen molar-refractivity contribution >= 4 is 21.6 Å². The van der Waals surface area contributed by atoms with Crippen LogP contribution < -0.4 is 0 Å². The number of benzene rings is 1. The van der Waals surface area contributed by atoms with Crippen molar-refractivity contribution in [3.05, 3.63) is 53.3 Å². The molecular formula is C21H27NO4S. The van der Waals surface area contributed by atoms with Gasteiger partial charge in [-0.25, -0.2) is 12.4 Å². The number of ketones is 2. The van der Waals surface area contributed by atoms with E-state index in [4.69, 9.17) is 0 Å². The summed E-state index contributed by atoms with van der Waals surface area (Å²) in [5, 5.41) is 0. The largest absolute Gasteiger partial charge is 0.299 e. The summed E-state index contributed by atoms with van der Waals surface area (Å²) < 4.78 is 27.0. The van der Waals surface area contributed by atoms with Crippen molar-refractivity contribution in [3.63, 3.8) is 0 Å². The molecule has 0 saturated heterocycles. The van der Waals surface area contributed by atoms with Gasteiger partial charge in [-0.3, -0.25) is 9.59 Å². The van der Waals surface area contributed by atoms with E-state index in [1.165, 1.54) is 12.4 Å². The molecule has 0 bridgehead atoms. The van der Waals surface area contributed by atoms with E-state index >= 15 is 0 Å². The van der Waals surface area contributed by atoms with Crippen LogP contribution in [-0.2, 0) is 32.5 Å². The maximum absolute atomic E-state index is 12.9. The molecule has 146 valence electrons. The van der Waals surface area contributed by atoms with Crippen LogP contribution in [0.5, 0.6) is 0 Å². The number of Topliss-reactive ketones (excluding diaryl/α,β-unsaturated/α-hetero) is 2. The summed E-state index contributed by atoms with van der Waals surface area (Å²) in [6.07, 6.45) is 3.18. The van der Waals surface area contributed by atoms with E-state index in [0.717, 1.165) is 9.54 Å². The Morgan fingerprint density at radius 2 is 1.26 bits per heavy atom. The number of nitrogens with zero attached hydrogens (tertiary/aromatic N) is 1. The smallest absolute Gasteiger partial charge is 0.267 e. The lowest BCUT2D eigenvalue weighted by molar-refractivity contribution is -0.122. The maximum atomic E-state index is 12.9. The first-order valence-corrected chi connectivity index (χ1v) is 10.5. The predicted octanol–water partition coefficient (Wildman–Crippen LogP) is 3.57. The van der Waals surface area contributed by atoms with Crippen LogP contribution in [-0.4, -0.2) is 24.0 Å². The second kappa shape index (κ2) is 8.21. The van der Waals surface area contributed by atoms with E-state index < -0.39 is 10.0 Å². The molecule has 2 aromatic rings. The van der Waals surface area contributed by atoms with Crippen LogP contribution in [0.2, 0.25) is 0 Å². The minimum Gasteiger partial charge on any atom is -0.299 e. The van der Waals surface area contributed by atoms with Gasteiger partial charge < -0.3 is 0 Å². The Balaban J connectivity index is 2.47. The minimum atomic E-state index is -3.78. The van der Waals surface area contributed by atoms with Crippen LogP contribution in [0.3, 0.4) is 0 Å². The summed E-state index contributed by atoms with van der Waals surface area (Å²) in [6.45, 7) is 9.11. The van der Waals surface area contributed by atoms with Gasteiger partial charge in [-0.2, -0.15) is 0 Å². The second-order valence-corrected chi connectivity index (χ2v) is 9.40. The van der Waals surface area contributed by atoms with Gasteiger partial charge in [-0.1, -0.05) is 45.4 Å². The van der Waals surface area contributed by atoms with E-state index in [1.54, 1.807) is 52.0 Å². The summed E-state index contributed by atoms with van der Waals surface area (Å²) in [4.78, 5) is 24.6. The van der Waals surface area contributed by atoms with Crippen molar-refractivity contribution in [1.29, 1.82) is 0 Å². The number of hydrogen-bond acceptors (Lipinski definition) is 4. The number of aromatic nitrogens is 1. The maximum Gasteiger partial charge on any atom is 0.267 e. The molecule has 5 nitrogen and oxygen atoms in total. The average molecular weight is 390 g/mol. The Morgan fingerprint density at radius 3 is 1.63 bits per heavy atom. The lowest BCUT2D eigenvalue weighted by atomic mass is 9.96. The van der Waals surface area contributed by atoms with Gasteiger partial charge in [-0.15, -0.1) is 0 Å². The van der Waals surface area contributed by atoms with Crippen molar-refractivity contribution in [1.82, 2.24) is 3.97 Å². The summed E-state index contributed by atoms with van der Waals surface area (Å²) in [6, 6.07) is 6.59. The van der Waals surface area contributed by atoms with Gasteiger partial charge in [0.15, 0.2) is 0 Å². The third-order valence-electron chi connectivity index (χ3n) is 4.59. The van der Waals surface area contributed by atoms with Crippen molar-refractivity contribution in [2.24, 2.45) is 11.8 Å². The monoisotopic (exact) mass is 389 g/mol. The lowest BCUT2D eigenvalue weighted by Crippen LogP contribution is -2.14. The van der Waals surface area contributed by atoms with Crippen molar-refractivity contribution in [2.45, 2.75) is 52.4 Å². The number of aryl methyl sites for hydroxylation is 1. The first kappa shape index (κ1) is 21.1. The van der Waals surface area contributed by atoms with Gasteiger partial charge in [0.05, 0.1) is 4.90 Å². The Morgan fingerprint density at radius 1 is 0.852 bits per heavy atom. The predicted molar refractivity (Wildman–Crippen MR) is 105 cm³/mol.